The molecule has 0 aliphatic heterocycles. The van der Waals surface area contributed by atoms with Crippen molar-refractivity contribution in [1.29, 1.82) is 0 Å². The summed E-state index contributed by atoms with van der Waals surface area (Å²) in [7, 11) is 0. The average molecular weight is 422 g/mol. The minimum Gasteiger partial charge on any atom is -0.338 e. The number of aryl methyl sites for hydroxylation is 1. The number of amides is 1. The van der Waals surface area contributed by atoms with Crippen molar-refractivity contribution in [1.82, 2.24) is 19.7 Å². The standard InChI is InChI=1S/C26H23N5O/c1-17-24(18(2)31(30-17)16-19-9-4-3-5-10-19)26(32)27-21-12-8-11-20(15-21)25-28-22-13-6-7-14-23(22)29-25/h3-15H,16H2,1-2H3,(H,27,32)(H,28,29). The number of nitrogens with zero attached hydrogens (tertiary/aromatic N) is 3. The second kappa shape index (κ2) is 8.15. The van der Waals surface area contributed by atoms with Crippen LogP contribution in [0.5, 0.6) is 0 Å². The van der Waals surface area contributed by atoms with Gasteiger partial charge in [0.2, 0.25) is 0 Å². The van der Waals surface area contributed by atoms with E-state index in [2.05, 4.69) is 32.5 Å². The van der Waals surface area contributed by atoms with Gasteiger partial charge in [0.15, 0.2) is 0 Å². The van der Waals surface area contributed by atoms with Crippen LogP contribution in [0.25, 0.3) is 22.4 Å². The Kier molecular flexibility index (Phi) is 5.03. The molecule has 5 aromatic rings. The van der Waals surface area contributed by atoms with Crippen LogP contribution >= 0.6 is 0 Å². The molecule has 1 amide bonds. The van der Waals surface area contributed by atoms with Crippen LogP contribution < -0.4 is 5.32 Å². The molecule has 0 unspecified atom stereocenters. The zero-order valence-corrected chi connectivity index (χ0v) is 18.0. The fourth-order valence-corrected chi connectivity index (χ4v) is 3.96. The van der Waals surface area contributed by atoms with E-state index in [9.17, 15) is 4.79 Å². The molecule has 6 nitrogen and oxygen atoms in total. The third-order valence-corrected chi connectivity index (χ3v) is 5.57. The number of hydrogen-bond acceptors (Lipinski definition) is 3. The maximum absolute atomic E-state index is 13.1. The summed E-state index contributed by atoms with van der Waals surface area (Å²) in [5.74, 6) is 0.603. The van der Waals surface area contributed by atoms with Gasteiger partial charge in [0.05, 0.1) is 28.8 Å². The highest BCUT2D eigenvalue weighted by Crippen LogP contribution is 2.24. The Morgan fingerprint density at radius 2 is 1.75 bits per heavy atom. The summed E-state index contributed by atoms with van der Waals surface area (Å²) in [5.41, 5.74) is 6.82. The van der Waals surface area contributed by atoms with E-state index in [0.717, 1.165) is 33.7 Å². The number of imidazole rings is 1. The van der Waals surface area contributed by atoms with Crippen LogP contribution in [0.2, 0.25) is 0 Å². The molecule has 32 heavy (non-hydrogen) atoms. The highest BCUT2D eigenvalue weighted by atomic mass is 16.1. The normalized spacial score (nSPS) is 11.1. The monoisotopic (exact) mass is 421 g/mol. The van der Waals surface area contributed by atoms with Crippen molar-refractivity contribution in [2.75, 3.05) is 5.32 Å². The van der Waals surface area contributed by atoms with E-state index in [-0.39, 0.29) is 5.91 Å². The Bertz CT molecular complexity index is 1380. The number of aromatic amines is 1. The first-order chi connectivity index (χ1) is 15.6. The van der Waals surface area contributed by atoms with E-state index in [0.29, 0.717) is 23.5 Å². The summed E-state index contributed by atoms with van der Waals surface area (Å²) >= 11 is 0. The fourth-order valence-electron chi connectivity index (χ4n) is 3.96. The molecule has 0 bridgehead atoms. The van der Waals surface area contributed by atoms with Gasteiger partial charge in [-0.1, -0.05) is 54.6 Å². The zero-order valence-electron chi connectivity index (χ0n) is 18.0. The molecule has 0 aliphatic rings. The largest absolute Gasteiger partial charge is 0.338 e. The van der Waals surface area contributed by atoms with E-state index in [1.54, 1.807) is 0 Å². The summed E-state index contributed by atoms with van der Waals surface area (Å²) in [6.07, 6.45) is 0. The van der Waals surface area contributed by atoms with E-state index in [4.69, 9.17) is 0 Å². The molecule has 0 aliphatic carbocycles. The van der Waals surface area contributed by atoms with Crippen LogP contribution in [0.15, 0.2) is 78.9 Å². The van der Waals surface area contributed by atoms with Crippen molar-refractivity contribution < 1.29 is 4.79 Å². The molecule has 0 atom stereocenters. The highest BCUT2D eigenvalue weighted by molar-refractivity contribution is 6.06. The molecule has 0 radical (unpaired) electrons. The molecule has 0 fully saturated rings. The third-order valence-electron chi connectivity index (χ3n) is 5.57. The molecule has 2 N–H and O–H groups in total. The lowest BCUT2D eigenvalue weighted by atomic mass is 10.1. The molecular formula is C26H23N5O. The maximum Gasteiger partial charge on any atom is 0.259 e. The molecule has 0 spiro atoms. The number of nitrogens with one attached hydrogen (secondary N) is 2. The van der Waals surface area contributed by atoms with Gasteiger partial charge in [0.1, 0.15) is 5.82 Å². The second-order valence-corrected chi connectivity index (χ2v) is 7.83. The third kappa shape index (κ3) is 3.78. The lowest BCUT2D eigenvalue weighted by molar-refractivity contribution is 0.102. The smallest absolute Gasteiger partial charge is 0.259 e. The maximum atomic E-state index is 13.1. The Morgan fingerprint density at radius 3 is 2.56 bits per heavy atom. The minimum absolute atomic E-state index is 0.166. The number of carbonyl (C=O) groups is 1. The highest BCUT2D eigenvalue weighted by Gasteiger charge is 2.19. The SMILES string of the molecule is Cc1nn(Cc2ccccc2)c(C)c1C(=O)Nc1cccc(-c2nc3ccccc3[nH]2)c1. The average Bonchev–Trinajstić information content (AvgIpc) is 3.35. The summed E-state index contributed by atoms with van der Waals surface area (Å²) < 4.78 is 1.88. The lowest BCUT2D eigenvalue weighted by Crippen LogP contribution is -2.14. The summed E-state index contributed by atoms with van der Waals surface area (Å²) in [5, 5.41) is 7.63. The van der Waals surface area contributed by atoms with Gasteiger partial charge < -0.3 is 10.3 Å². The van der Waals surface area contributed by atoms with Gasteiger partial charge in [-0.25, -0.2) is 4.98 Å². The molecule has 3 aromatic carbocycles. The molecule has 0 saturated heterocycles. The number of anilines is 1. The second-order valence-electron chi connectivity index (χ2n) is 7.83. The van der Waals surface area contributed by atoms with Crippen molar-refractivity contribution in [3.05, 3.63) is 101 Å². The number of H-pyrrole nitrogens is 1. The lowest BCUT2D eigenvalue weighted by Gasteiger charge is -2.08. The first-order valence-corrected chi connectivity index (χ1v) is 10.5. The number of aromatic nitrogens is 4. The molecule has 2 heterocycles. The Balaban J connectivity index is 1.39. The van der Waals surface area contributed by atoms with E-state index >= 15 is 0 Å². The van der Waals surface area contributed by atoms with Gasteiger partial charge in [-0.15, -0.1) is 0 Å². The summed E-state index contributed by atoms with van der Waals surface area (Å²) in [4.78, 5) is 21.1. The number of hydrogen-bond donors (Lipinski definition) is 2. The number of para-hydroxylation sites is 2. The van der Waals surface area contributed by atoms with Crippen molar-refractivity contribution in [2.24, 2.45) is 0 Å². The molecular weight excluding hydrogens is 398 g/mol. The van der Waals surface area contributed by atoms with Gasteiger partial charge in [0.25, 0.3) is 5.91 Å². The Hall–Kier alpha value is -4.19. The van der Waals surface area contributed by atoms with Gasteiger partial charge in [-0.2, -0.15) is 5.10 Å². The topological polar surface area (TPSA) is 75.6 Å². The summed E-state index contributed by atoms with van der Waals surface area (Å²) in [6.45, 7) is 4.43. The summed E-state index contributed by atoms with van der Waals surface area (Å²) in [6, 6.07) is 25.7. The van der Waals surface area contributed by atoms with Gasteiger partial charge >= 0.3 is 0 Å². The molecule has 158 valence electrons. The van der Waals surface area contributed by atoms with Crippen LogP contribution in [-0.4, -0.2) is 25.7 Å². The quantitative estimate of drug-likeness (QED) is 0.402. The number of fused-ring (bicyclic) bond motifs is 1. The predicted molar refractivity (Wildman–Crippen MR) is 127 cm³/mol. The van der Waals surface area contributed by atoms with Crippen LogP contribution in [0.1, 0.15) is 27.3 Å². The van der Waals surface area contributed by atoms with Crippen LogP contribution in [0.3, 0.4) is 0 Å². The van der Waals surface area contributed by atoms with E-state index in [1.165, 1.54) is 0 Å². The van der Waals surface area contributed by atoms with Gasteiger partial charge in [-0.05, 0) is 43.7 Å². The van der Waals surface area contributed by atoms with Gasteiger partial charge in [0, 0.05) is 16.9 Å². The molecule has 2 aromatic heterocycles. The van der Waals surface area contributed by atoms with Crippen LogP contribution in [0.4, 0.5) is 5.69 Å². The Labute approximate surface area is 185 Å². The van der Waals surface area contributed by atoms with Crippen molar-refractivity contribution in [3.8, 4) is 11.4 Å². The number of benzene rings is 3. The van der Waals surface area contributed by atoms with Crippen molar-refractivity contribution >= 4 is 22.6 Å². The number of carbonyl (C=O) groups excluding carboxylic acids is 1. The van der Waals surface area contributed by atoms with Crippen LogP contribution in [-0.2, 0) is 6.54 Å². The molecule has 5 rings (SSSR count). The first-order valence-electron chi connectivity index (χ1n) is 10.5. The van der Waals surface area contributed by atoms with Crippen molar-refractivity contribution in [2.45, 2.75) is 20.4 Å². The van der Waals surface area contributed by atoms with E-state index < -0.39 is 0 Å². The van der Waals surface area contributed by atoms with Crippen LogP contribution in [0, 0.1) is 13.8 Å². The van der Waals surface area contributed by atoms with Crippen molar-refractivity contribution in [3.63, 3.8) is 0 Å². The first kappa shape index (κ1) is 19.8. The molecule has 0 saturated carbocycles. The number of rotatable bonds is 5. The van der Waals surface area contributed by atoms with E-state index in [1.807, 2.05) is 85.3 Å². The Morgan fingerprint density at radius 1 is 0.969 bits per heavy atom. The van der Waals surface area contributed by atoms with Gasteiger partial charge in [-0.3, -0.25) is 9.48 Å². The molecule has 6 heteroatoms. The fraction of sp³-hybridized carbons (Fsp3) is 0.115. The predicted octanol–water partition coefficient (Wildman–Crippen LogP) is 5.34. The minimum atomic E-state index is -0.166. The zero-order chi connectivity index (χ0) is 22.1.